The number of benzene rings is 1. The lowest BCUT2D eigenvalue weighted by Gasteiger charge is -2.23. The van der Waals surface area contributed by atoms with Gasteiger partial charge in [-0.15, -0.1) is 12.4 Å². The number of nitrogens with one attached hydrogen (secondary N) is 1. The van der Waals surface area contributed by atoms with E-state index in [9.17, 15) is 14.9 Å². The summed E-state index contributed by atoms with van der Waals surface area (Å²) in [7, 11) is 0. The molecule has 130 valence electrons. The van der Waals surface area contributed by atoms with Crippen LogP contribution in [0.25, 0.3) is 0 Å². The predicted octanol–water partition coefficient (Wildman–Crippen LogP) is 1.89. The average molecular weight is 354 g/mol. The number of anilines is 1. The topological polar surface area (TPSA) is 116 Å². The monoisotopic (exact) mass is 353 g/mol. The highest BCUT2D eigenvalue weighted by Crippen LogP contribution is 2.18. The number of nitrogens with two attached hydrogens (primary N) is 1. The summed E-state index contributed by atoms with van der Waals surface area (Å²) in [6, 6.07) is 7.43. The fourth-order valence-electron chi connectivity index (χ4n) is 2.04. The molecule has 0 aliphatic heterocycles. The molecule has 0 radical (unpaired) electrons. The third kappa shape index (κ3) is 4.45. The van der Waals surface area contributed by atoms with Crippen LogP contribution in [-0.2, 0) is 16.8 Å². The molecular formula is C15H20ClN5O3. The number of rotatable bonds is 6. The lowest BCUT2D eigenvalue weighted by atomic mass is 10.0. The van der Waals surface area contributed by atoms with Crippen molar-refractivity contribution in [1.82, 2.24) is 15.1 Å². The number of halogens is 1. The third-order valence-electron chi connectivity index (χ3n) is 3.59. The van der Waals surface area contributed by atoms with Crippen LogP contribution in [0.4, 0.5) is 11.4 Å². The van der Waals surface area contributed by atoms with Crippen LogP contribution in [0.15, 0.2) is 36.7 Å². The van der Waals surface area contributed by atoms with Gasteiger partial charge in [-0.3, -0.25) is 19.6 Å². The van der Waals surface area contributed by atoms with Gasteiger partial charge in [-0.1, -0.05) is 12.1 Å². The number of carbonyl (C=O) groups is 1. The molecule has 1 amide bonds. The zero-order chi connectivity index (χ0) is 17.0. The number of hydrogen-bond acceptors (Lipinski definition) is 5. The molecular weight excluding hydrogens is 334 g/mol. The van der Waals surface area contributed by atoms with Crippen LogP contribution in [0.1, 0.15) is 19.4 Å². The van der Waals surface area contributed by atoms with E-state index in [1.54, 1.807) is 13.8 Å². The Morgan fingerprint density at radius 2 is 2.00 bits per heavy atom. The van der Waals surface area contributed by atoms with Crippen LogP contribution in [0.5, 0.6) is 0 Å². The van der Waals surface area contributed by atoms with Gasteiger partial charge in [0.2, 0.25) is 5.91 Å². The number of nitrogens with zero attached hydrogens (tertiary/aromatic N) is 3. The van der Waals surface area contributed by atoms with Crippen molar-refractivity contribution in [2.75, 3.05) is 12.3 Å². The maximum absolute atomic E-state index is 12.3. The van der Waals surface area contributed by atoms with E-state index in [-0.39, 0.29) is 24.0 Å². The second kappa shape index (κ2) is 7.78. The van der Waals surface area contributed by atoms with Crippen LogP contribution in [-0.4, -0.2) is 27.2 Å². The van der Waals surface area contributed by atoms with Gasteiger partial charge in [0, 0.05) is 12.2 Å². The summed E-state index contributed by atoms with van der Waals surface area (Å²) >= 11 is 0. The summed E-state index contributed by atoms with van der Waals surface area (Å²) in [6.07, 6.45) is 3.05. The smallest absolute Gasteiger partial charge is 0.307 e. The standard InChI is InChI=1S/C15H19N5O3.ClH/c1-15(2,19-10-13(9-18-19)20(22)23)14(21)17-8-7-11-3-5-12(16)6-4-11;/h3-6,9-10H,7-8,16H2,1-2H3,(H,17,21);1H. The maximum atomic E-state index is 12.3. The SMILES string of the molecule is CC(C)(C(=O)NCCc1ccc(N)cc1)n1cc([N+](=O)[O-])cn1.Cl. The summed E-state index contributed by atoms with van der Waals surface area (Å²) in [5, 5.41) is 17.4. The van der Waals surface area contributed by atoms with E-state index in [0.29, 0.717) is 18.7 Å². The van der Waals surface area contributed by atoms with Crippen molar-refractivity contribution in [2.45, 2.75) is 25.8 Å². The first-order valence-electron chi connectivity index (χ1n) is 7.13. The van der Waals surface area contributed by atoms with Gasteiger partial charge in [-0.2, -0.15) is 5.10 Å². The molecule has 3 N–H and O–H groups in total. The number of nitro groups is 1. The van der Waals surface area contributed by atoms with Gasteiger partial charge in [-0.25, -0.2) is 0 Å². The Balaban J connectivity index is 0.00000288. The maximum Gasteiger partial charge on any atom is 0.307 e. The van der Waals surface area contributed by atoms with Gasteiger partial charge in [0.1, 0.15) is 17.9 Å². The van der Waals surface area contributed by atoms with Gasteiger partial charge in [0.05, 0.1) is 4.92 Å². The number of nitrogen functional groups attached to an aromatic ring is 1. The van der Waals surface area contributed by atoms with E-state index in [1.165, 1.54) is 10.9 Å². The van der Waals surface area contributed by atoms with E-state index >= 15 is 0 Å². The Bertz CT molecular complexity index is 712. The minimum atomic E-state index is -1.02. The molecule has 0 aliphatic carbocycles. The molecule has 0 fully saturated rings. The molecule has 1 aromatic heterocycles. The van der Waals surface area contributed by atoms with Crippen molar-refractivity contribution >= 4 is 29.7 Å². The van der Waals surface area contributed by atoms with Gasteiger partial charge in [-0.05, 0) is 38.0 Å². The Kier molecular flexibility index (Phi) is 6.30. The average Bonchev–Trinajstić information content (AvgIpc) is 3.00. The first-order valence-corrected chi connectivity index (χ1v) is 7.13. The molecule has 0 saturated heterocycles. The van der Waals surface area contributed by atoms with Crippen LogP contribution < -0.4 is 11.1 Å². The zero-order valence-electron chi connectivity index (χ0n) is 13.4. The molecule has 8 nitrogen and oxygen atoms in total. The summed E-state index contributed by atoms with van der Waals surface area (Å²) in [5.74, 6) is -0.258. The molecule has 0 bridgehead atoms. The molecule has 0 spiro atoms. The molecule has 2 aromatic rings. The first kappa shape index (κ1) is 19.4. The molecule has 0 unspecified atom stereocenters. The lowest BCUT2D eigenvalue weighted by Crippen LogP contribution is -2.45. The largest absolute Gasteiger partial charge is 0.399 e. The van der Waals surface area contributed by atoms with Crippen LogP contribution in [0.2, 0.25) is 0 Å². The van der Waals surface area contributed by atoms with E-state index < -0.39 is 10.5 Å². The zero-order valence-corrected chi connectivity index (χ0v) is 14.2. The Labute approximate surface area is 145 Å². The predicted molar refractivity (Wildman–Crippen MR) is 93.0 cm³/mol. The second-order valence-electron chi connectivity index (χ2n) is 5.71. The molecule has 0 saturated carbocycles. The lowest BCUT2D eigenvalue weighted by molar-refractivity contribution is -0.385. The number of aromatic nitrogens is 2. The van der Waals surface area contributed by atoms with Crippen molar-refractivity contribution < 1.29 is 9.72 Å². The van der Waals surface area contributed by atoms with E-state index in [2.05, 4.69) is 10.4 Å². The minimum Gasteiger partial charge on any atom is -0.399 e. The van der Waals surface area contributed by atoms with Gasteiger partial charge >= 0.3 is 5.69 Å². The van der Waals surface area contributed by atoms with E-state index in [4.69, 9.17) is 5.73 Å². The summed E-state index contributed by atoms with van der Waals surface area (Å²) < 4.78 is 1.30. The summed E-state index contributed by atoms with van der Waals surface area (Å²) in [5.41, 5.74) is 6.21. The van der Waals surface area contributed by atoms with Crippen molar-refractivity contribution in [3.05, 3.63) is 52.3 Å². The van der Waals surface area contributed by atoms with Crippen molar-refractivity contribution in [3.8, 4) is 0 Å². The fourth-order valence-corrected chi connectivity index (χ4v) is 2.04. The minimum absolute atomic E-state index is 0. The first-order chi connectivity index (χ1) is 10.8. The highest BCUT2D eigenvalue weighted by atomic mass is 35.5. The van der Waals surface area contributed by atoms with Crippen molar-refractivity contribution in [3.63, 3.8) is 0 Å². The van der Waals surface area contributed by atoms with E-state index in [1.807, 2.05) is 24.3 Å². The van der Waals surface area contributed by atoms with Crippen LogP contribution in [0.3, 0.4) is 0 Å². The number of carbonyl (C=O) groups excluding carboxylic acids is 1. The Morgan fingerprint density at radius 3 is 2.54 bits per heavy atom. The van der Waals surface area contributed by atoms with E-state index in [0.717, 1.165) is 11.8 Å². The Morgan fingerprint density at radius 1 is 1.38 bits per heavy atom. The van der Waals surface area contributed by atoms with Crippen LogP contribution in [0, 0.1) is 10.1 Å². The molecule has 0 atom stereocenters. The summed E-state index contributed by atoms with van der Waals surface area (Å²) in [6.45, 7) is 3.76. The number of hydrogen-bond donors (Lipinski definition) is 2. The highest BCUT2D eigenvalue weighted by Gasteiger charge is 2.31. The highest BCUT2D eigenvalue weighted by molar-refractivity contribution is 5.85. The van der Waals surface area contributed by atoms with Gasteiger partial charge < -0.3 is 11.1 Å². The molecule has 1 aromatic carbocycles. The Hall–Kier alpha value is -2.61. The molecule has 24 heavy (non-hydrogen) atoms. The second-order valence-corrected chi connectivity index (χ2v) is 5.71. The number of amides is 1. The molecule has 1 heterocycles. The van der Waals surface area contributed by atoms with Crippen molar-refractivity contribution in [2.24, 2.45) is 0 Å². The fraction of sp³-hybridized carbons (Fsp3) is 0.333. The summed E-state index contributed by atoms with van der Waals surface area (Å²) in [4.78, 5) is 22.5. The normalized spacial score (nSPS) is 10.8. The molecule has 9 heteroatoms. The van der Waals surface area contributed by atoms with Crippen LogP contribution >= 0.6 is 12.4 Å². The van der Waals surface area contributed by atoms with Gasteiger partial charge in [0.25, 0.3) is 0 Å². The molecule has 0 aliphatic rings. The van der Waals surface area contributed by atoms with Crippen molar-refractivity contribution in [1.29, 1.82) is 0 Å². The quantitative estimate of drug-likeness (QED) is 0.467. The van der Waals surface area contributed by atoms with Gasteiger partial charge in [0.15, 0.2) is 0 Å². The third-order valence-corrected chi connectivity index (χ3v) is 3.59. The molecule has 2 rings (SSSR count).